The van der Waals surface area contributed by atoms with Crippen LogP contribution < -0.4 is 15.5 Å². The van der Waals surface area contributed by atoms with Crippen LogP contribution in [0.4, 0.5) is 17.3 Å². The second-order valence-electron chi connectivity index (χ2n) is 8.09. The second-order valence-corrected chi connectivity index (χ2v) is 8.09. The van der Waals surface area contributed by atoms with Gasteiger partial charge in [0.05, 0.1) is 13.2 Å². The van der Waals surface area contributed by atoms with Crippen molar-refractivity contribution in [3.8, 4) is 0 Å². The second kappa shape index (κ2) is 9.82. The third kappa shape index (κ3) is 5.08. The summed E-state index contributed by atoms with van der Waals surface area (Å²) >= 11 is 0. The lowest BCUT2D eigenvalue weighted by Gasteiger charge is -2.26. The van der Waals surface area contributed by atoms with Crippen molar-refractivity contribution < 1.29 is 14.3 Å². The van der Waals surface area contributed by atoms with Crippen LogP contribution in [0.3, 0.4) is 0 Å². The van der Waals surface area contributed by atoms with Gasteiger partial charge in [0.15, 0.2) is 0 Å². The summed E-state index contributed by atoms with van der Waals surface area (Å²) in [5.41, 5.74) is 2.56. The molecule has 1 unspecified atom stereocenters. The van der Waals surface area contributed by atoms with Gasteiger partial charge in [-0.1, -0.05) is 12.6 Å². The number of pyridine rings is 1. The first-order chi connectivity index (χ1) is 15.5. The summed E-state index contributed by atoms with van der Waals surface area (Å²) in [4.78, 5) is 33.0. The maximum absolute atomic E-state index is 12.6. The van der Waals surface area contributed by atoms with E-state index in [1.54, 1.807) is 0 Å². The Kier molecular flexibility index (Phi) is 6.70. The van der Waals surface area contributed by atoms with Gasteiger partial charge in [-0.15, -0.1) is 0 Å². The lowest BCUT2D eigenvalue weighted by atomic mass is 10.1. The number of carbonyl (C=O) groups excluding carboxylic acids is 2. The zero-order valence-corrected chi connectivity index (χ0v) is 18.3. The Morgan fingerprint density at radius 3 is 2.59 bits per heavy atom. The molecule has 0 spiro atoms. The molecule has 2 aliphatic heterocycles. The predicted octanol–water partition coefficient (Wildman–Crippen LogP) is 2.49. The molecule has 2 amide bonds. The molecule has 0 aliphatic carbocycles. The maximum atomic E-state index is 12.6. The summed E-state index contributed by atoms with van der Waals surface area (Å²) in [7, 11) is 0. The zero-order chi connectivity index (χ0) is 22.5. The molecule has 168 valence electrons. The van der Waals surface area contributed by atoms with Crippen molar-refractivity contribution in [3.63, 3.8) is 0 Å². The van der Waals surface area contributed by atoms with Crippen molar-refractivity contribution in [1.82, 2.24) is 15.2 Å². The van der Waals surface area contributed by atoms with Crippen molar-refractivity contribution in [2.45, 2.75) is 19.4 Å². The van der Waals surface area contributed by atoms with Crippen molar-refractivity contribution in [1.29, 1.82) is 0 Å². The molecule has 8 nitrogen and oxygen atoms in total. The van der Waals surface area contributed by atoms with Crippen LogP contribution in [0.5, 0.6) is 0 Å². The van der Waals surface area contributed by atoms with Gasteiger partial charge in [0.25, 0.3) is 5.91 Å². The minimum atomic E-state index is -0.147. The Bertz CT molecular complexity index is 986. The Morgan fingerprint density at radius 1 is 1.12 bits per heavy atom. The SMILES string of the molecule is C=CC(=O)NC1CCN(c2ccc(C)c(Nc3ccc(C(=O)N4CCOCC4)cc3)n2)C1. The van der Waals surface area contributed by atoms with E-state index < -0.39 is 0 Å². The summed E-state index contributed by atoms with van der Waals surface area (Å²) in [5.74, 6) is 1.52. The number of aryl methyl sites for hydroxylation is 1. The number of carbonyl (C=O) groups is 2. The van der Waals surface area contributed by atoms with Crippen LogP contribution >= 0.6 is 0 Å². The monoisotopic (exact) mass is 435 g/mol. The van der Waals surface area contributed by atoms with Crippen molar-refractivity contribution in [2.24, 2.45) is 0 Å². The molecule has 2 aromatic rings. The van der Waals surface area contributed by atoms with Gasteiger partial charge in [-0.2, -0.15) is 0 Å². The van der Waals surface area contributed by atoms with Gasteiger partial charge in [-0.25, -0.2) is 4.98 Å². The zero-order valence-electron chi connectivity index (χ0n) is 18.3. The van der Waals surface area contributed by atoms with Crippen LogP contribution in [0, 0.1) is 6.92 Å². The third-order valence-electron chi connectivity index (χ3n) is 5.82. The molecule has 0 saturated carbocycles. The van der Waals surface area contributed by atoms with Gasteiger partial charge in [-0.3, -0.25) is 9.59 Å². The van der Waals surface area contributed by atoms with Crippen LogP contribution in [0.1, 0.15) is 22.3 Å². The maximum Gasteiger partial charge on any atom is 0.254 e. The van der Waals surface area contributed by atoms with Gasteiger partial charge < -0.3 is 25.2 Å². The minimum Gasteiger partial charge on any atom is -0.378 e. The summed E-state index contributed by atoms with van der Waals surface area (Å²) in [5, 5.41) is 6.32. The molecule has 1 aromatic carbocycles. The molecule has 2 aliphatic rings. The first-order valence-electron chi connectivity index (χ1n) is 10.9. The molecular formula is C24H29N5O3. The smallest absolute Gasteiger partial charge is 0.254 e. The molecule has 1 aromatic heterocycles. The number of nitrogens with zero attached hydrogens (tertiary/aromatic N) is 3. The van der Waals surface area contributed by atoms with Crippen LogP contribution in [0.15, 0.2) is 49.1 Å². The number of aromatic nitrogens is 1. The van der Waals surface area contributed by atoms with Crippen molar-refractivity contribution in [3.05, 3.63) is 60.2 Å². The van der Waals surface area contributed by atoms with E-state index in [0.717, 1.165) is 35.9 Å². The quantitative estimate of drug-likeness (QED) is 0.678. The highest BCUT2D eigenvalue weighted by Crippen LogP contribution is 2.25. The summed E-state index contributed by atoms with van der Waals surface area (Å²) in [6, 6.07) is 11.6. The van der Waals surface area contributed by atoms with E-state index in [4.69, 9.17) is 9.72 Å². The van der Waals surface area contributed by atoms with E-state index in [0.29, 0.717) is 38.4 Å². The van der Waals surface area contributed by atoms with Crippen molar-refractivity contribution in [2.75, 3.05) is 49.6 Å². The number of nitrogens with one attached hydrogen (secondary N) is 2. The van der Waals surface area contributed by atoms with E-state index >= 15 is 0 Å². The highest BCUT2D eigenvalue weighted by Gasteiger charge is 2.24. The number of amides is 2. The summed E-state index contributed by atoms with van der Waals surface area (Å²) in [6.07, 6.45) is 2.17. The van der Waals surface area contributed by atoms with Crippen LogP contribution in [-0.2, 0) is 9.53 Å². The molecule has 2 N–H and O–H groups in total. The van der Waals surface area contributed by atoms with Gasteiger partial charge >= 0.3 is 0 Å². The Morgan fingerprint density at radius 2 is 1.88 bits per heavy atom. The molecule has 0 radical (unpaired) electrons. The first kappa shape index (κ1) is 21.8. The molecule has 8 heteroatoms. The standard InChI is InChI=1S/C24H29N5O3/c1-3-22(30)25-20-10-11-29(16-20)21-9-4-17(2)23(27-21)26-19-7-5-18(6-8-19)24(31)28-12-14-32-15-13-28/h3-9,20H,1,10-16H2,2H3,(H,25,30)(H,26,27). The van der Waals surface area contributed by atoms with E-state index in [1.807, 2.05) is 48.2 Å². The number of rotatable bonds is 6. The molecule has 2 saturated heterocycles. The van der Waals surface area contributed by atoms with Gasteiger partial charge in [0.2, 0.25) is 5.91 Å². The van der Waals surface area contributed by atoms with Crippen LogP contribution in [0.2, 0.25) is 0 Å². The number of hydrogen-bond acceptors (Lipinski definition) is 6. The van der Waals surface area contributed by atoms with Crippen molar-refractivity contribution >= 4 is 29.1 Å². The Balaban J connectivity index is 1.41. The van der Waals surface area contributed by atoms with Gasteiger partial charge in [0.1, 0.15) is 11.6 Å². The molecular weight excluding hydrogens is 406 g/mol. The average molecular weight is 436 g/mol. The topological polar surface area (TPSA) is 86.8 Å². The lowest BCUT2D eigenvalue weighted by Crippen LogP contribution is -2.40. The van der Waals surface area contributed by atoms with E-state index in [1.165, 1.54) is 6.08 Å². The molecule has 0 bridgehead atoms. The number of anilines is 3. The number of ether oxygens (including phenoxy) is 1. The van der Waals surface area contributed by atoms with Crippen LogP contribution in [-0.4, -0.2) is 67.1 Å². The largest absolute Gasteiger partial charge is 0.378 e. The molecule has 1 atom stereocenters. The highest BCUT2D eigenvalue weighted by molar-refractivity contribution is 5.94. The molecule has 3 heterocycles. The van der Waals surface area contributed by atoms with Gasteiger partial charge in [0, 0.05) is 43.5 Å². The number of morpholine rings is 1. The van der Waals surface area contributed by atoms with Gasteiger partial charge in [-0.05, 0) is 55.3 Å². The molecule has 32 heavy (non-hydrogen) atoms. The summed E-state index contributed by atoms with van der Waals surface area (Å²) < 4.78 is 5.32. The Labute approximate surface area is 188 Å². The number of benzene rings is 1. The average Bonchev–Trinajstić information content (AvgIpc) is 3.29. The lowest BCUT2D eigenvalue weighted by molar-refractivity contribution is -0.117. The fourth-order valence-corrected chi connectivity index (χ4v) is 3.95. The normalized spacial score (nSPS) is 18.3. The van der Waals surface area contributed by atoms with E-state index in [-0.39, 0.29) is 17.9 Å². The molecule has 4 rings (SSSR count). The predicted molar refractivity (Wildman–Crippen MR) is 124 cm³/mol. The Hall–Kier alpha value is -3.39. The highest BCUT2D eigenvalue weighted by atomic mass is 16.5. The van der Waals surface area contributed by atoms with E-state index in [2.05, 4.69) is 22.1 Å². The van der Waals surface area contributed by atoms with Crippen LogP contribution in [0.25, 0.3) is 0 Å². The number of hydrogen-bond donors (Lipinski definition) is 2. The minimum absolute atomic E-state index is 0.0308. The fourth-order valence-electron chi connectivity index (χ4n) is 3.95. The summed E-state index contributed by atoms with van der Waals surface area (Å²) in [6.45, 7) is 9.49. The van der Waals surface area contributed by atoms with E-state index in [9.17, 15) is 9.59 Å². The first-order valence-corrected chi connectivity index (χ1v) is 10.9. The fraction of sp³-hybridized carbons (Fsp3) is 0.375. The molecule has 2 fully saturated rings. The third-order valence-corrected chi connectivity index (χ3v) is 5.82.